The van der Waals surface area contributed by atoms with Crippen molar-refractivity contribution < 1.29 is 22.8 Å². The average Bonchev–Trinajstić information content (AvgIpc) is 2.61. The molecule has 3 nitrogen and oxygen atoms in total. The summed E-state index contributed by atoms with van der Waals surface area (Å²) in [5.41, 5.74) is -3.94. The SMILES string of the molecule is O=C(Nc1ccccc1)C1CCCCC(SC(F)(F)F)C1=O. The first-order valence-electron chi connectivity index (χ1n) is 7.01. The van der Waals surface area contributed by atoms with Crippen LogP contribution >= 0.6 is 11.8 Å². The maximum atomic E-state index is 12.5. The molecule has 0 spiro atoms. The van der Waals surface area contributed by atoms with Crippen LogP contribution in [0, 0.1) is 5.92 Å². The number of halogens is 3. The van der Waals surface area contributed by atoms with Gasteiger partial charge < -0.3 is 5.32 Å². The number of nitrogens with one attached hydrogen (secondary N) is 1. The molecule has 2 unspecified atom stereocenters. The number of ketones is 1. The lowest BCUT2D eigenvalue weighted by atomic mass is 9.97. The minimum Gasteiger partial charge on any atom is -0.325 e. The van der Waals surface area contributed by atoms with E-state index < -0.39 is 28.4 Å². The van der Waals surface area contributed by atoms with Gasteiger partial charge in [-0.2, -0.15) is 13.2 Å². The van der Waals surface area contributed by atoms with Gasteiger partial charge in [0.25, 0.3) is 0 Å². The highest BCUT2D eigenvalue weighted by atomic mass is 32.2. The minimum atomic E-state index is -4.47. The lowest BCUT2D eigenvalue weighted by Crippen LogP contribution is -2.35. The molecular formula is C15H16F3NO2S. The number of carbonyl (C=O) groups excluding carboxylic acids is 2. The Morgan fingerprint density at radius 1 is 1.14 bits per heavy atom. The number of hydrogen-bond acceptors (Lipinski definition) is 3. The Morgan fingerprint density at radius 2 is 1.77 bits per heavy atom. The molecule has 1 saturated carbocycles. The molecule has 1 aliphatic rings. The maximum Gasteiger partial charge on any atom is 0.442 e. The van der Waals surface area contributed by atoms with Crippen molar-refractivity contribution in [1.82, 2.24) is 0 Å². The number of benzene rings is 1. The van der Waals surface area contributed by atoms with Crippen LogP contribution in [0.2, 0.25) is 0 Å². The van der Waals surface area contributed by atoms with Gasteiger partial charge in [0.1, 0.15) is 0 Å². The predicted octanol–water partition coefficient (Wildman–Crippen LogP) is 4.01. The molecule has 1 aromatic carbocycles. The summed E-state index contributed by atoms with van der Waals surface area (Å²) < 4.78 is 37.6. The second-order valence-electron chi connectivity index (χ2n) is 5.15. The summed E-state index contributed by atoms with van der Waals surface area (Å²) in [5.74, 6) is -2.15. The topological polar surface area (TPSA) is 46.2 Å². The second kappa shape index (κ2) is 7.17. The van der Waals surface area contributed by atoms with Crippen LogP contribution in [0.3, 0.4) is 0 Å². The molecule has 0 heterocycles. The smallest absolute Gasteiger partial charge is 0.325 e. The zero-order chi connectivity index (χ0) is 16.2. The van der Waals surface area contributed by atoms with Crippen LogP contribution in [0.25, 0.3) is 0 Å². The summed E-state index contributed by atoms with van der Waals surface area (Å²) in [6.45, 7) is 0. The molecule has 2 atom stereocenters. The molecule has 0 aliphatic heterocycles. The molecular weight excluding hydrogens is 315 g/mol. The molecule has 0 bridgehead atoms. The van der Waals surface area contributed by atoms with Gasteiger partial charge in [-0.25, -0.2) is 0 Å². The van der Waals surface area contributed by atoms with Gasteiger partial charge in [-0.05, 0) is 36.7 Å². The van der Waals surface area contributed by atoms with Gasteiger partial charge in [0, 0.05) is 5.69 Å². The normalized spacial score (nSPS) is 23.0. The first kappa shape index (κ1) is 16.9. The molecule has 7 heteroatoms. The molecule has 1 aromatic rings. The number of para-hydroxylation sites is 1. The number of hydrogen-bond donors (Lipinski definition) is 1. The molecule has 22 heavy (non-hydrogen) atoms. The standard InChI is InChI=1S/C15H16F3NO2S/c16-15(17,18)22-12-9-5-4-8-11(13(12)20)14(21)19-10-6-2-1-3-7-10/h1-3,6-7,11-12H,4-5,8-9H2,(H,19,21). The number of carbonyl (C=O) groups is 2. The summed E-state index contributed by atoms with van der Waals surface area (Å²) in [6.07, 6.45) is 1.56. The third-order valence-corrected chi connectivity index (χ3v) is 4.52. The fourth-order valence-corrected chi connectivity index (χ4v) is 3.36. The fourth-order valence-electron chi connectivity index (χ4n) is 2.48. The average molecular weight is 331 g/mol. The van der Waals surface area contributed by atoms with E-state index in [2.05, 4.69) is 5.32 Å². The van der Waals surface area contributed by atoms with Crippen LogP contribution in [0.4, 0.5) is 18.9 Å². The van der Waals surface area contributed by atoms with Gasteiger partial charge in [-0.1, -0.05) is 31.0 Å². The fraction of sp³-hybridized carbons (Fsp3) is 0.467. The zero-order valence-corrected chi connectivity index (χ0v) is 12.5. The number of Topliss-reactive ketones (excluding diaryl/α,β-unsaturated/α-hetero) is 1. The highest BCUT2D eigenvalue weighted by Gasteiger charge is 2.41. The highest BCUT2D eigenvalue weighted by molar-refractivity contribution is 8.01. The van der Waals surface area contributed by atoms with Crippen molar-refractivity contribution in [3.8, 4) is 0 Å². The summed E-state index contributed by atoms with van der Waals surface area (Å²) in [4.78, 5) is 24.5. The van der Waals surface area contributed by atoms with E-state index in [1.165, 1.54) is 0 Å². The van der Waals surface area contributed by atoms with E-state index in [1.807, 2.05) is 0 Å². The third kappa shape index (κ3) is 4.76. The molecule has 120 valence electrons. The van der Waals surface area contributed by atoms with Crippen LogP contribution < -0.4 is 5.32 Å². The van der Waals surface area contributed by atoms with Crippen molar-refractivity contribution in [1.29, 1.82) is 0 Å². The van der Waals surface area contributed by atoms with Gasteiger partial charge in [0.2, 0.25) is 5.91 Å². The Kier molecular flexibility index (Phi) is 5.50. The van der Waals surface area contributed by atoms with Crippen LogP contribution in [-0.4, -0.2) is 22.4 Å². The molecule has 1 aliphatic carbocycles. The number of amides is 1. The number of rotatable bonds is 3. The van der Waals surface area contributed by atoms with Crippen molar-refractivity contribution in [2.24, 2.45) is 5.92 Å². The van der Waals surface area contributed by atoms with Crippen molar-refractivity contribution in [2.75, 3.05) is 5.32 Å². The third-order valence-electron chi connectivity index (χ3n) is 3.50. The quantitative estimate of drug-likeness (QED) is 0.672. The van der Waals surface area contributed by atoms with Crippen LogP contribution in [0.1, 0.15) is 25.7 Å². The predicted molar refractivity (Wildman–Crippen MR) is 79.5 cm³/mol. The molecule has 0 aromatic heterocycles. The van der Waals surface area contributed by atoms with E-state index in [0.717, 1.165) is 0 Å². The maximum absolute atomic E-state index is 12.5. The van der Waals surface area contributed by atoms with E-state index in [0.29, 0.717) is 24.9 Å². The van der Waals surface area contributed by atoms with Gasteiger partial charge in [-0.3, -0.25) is 9.59 Å². The summed E-state index contributed by atoms with van der Waals surface area (Å²) in [7, 11) is 0. The molecule has 0 radical (unpaired) electrons. The van der Waals surface area contributed by atoms with Crippen LogP contribution in [0.5, 0.6) is 0 Å². The molecule has 1 N–H and O–H groups in total. The number of thioether (sulfide) groups is 1. The van der Waals surface area contributed by atoms with Crippen molar-refractivity contribution in [3.05, 3.63) is 30.3 Å². The largest absolute Gasteiger partial charge is 0.442 e. The van der Waals surface area contributed by atoms with Crippen molar-refractivity contribution in [3.63, 3.8) is 0 Å². The summed E-state index contributed by atoms with van der Waals surface area (Å²) in [5, 5.41) is 1.42. The molecule has 2 rings (SSSR count). The number of anilines is 1. The Labute approximate surface area is 130 Å². The zero-order valence-electron chi connectivity index (χ0n) is 11.7. The van der Waals surface area contributed by atoms with Crippen molar-refractivity contribution >= 4 is 29.1 Å². The molecule has 1 amide bonds. The highest BCUT2D eigenvalue weighted by Crippen LogP contribution is 2.39. The van der Waals surface area contributed by atoms with E-state index in [1.54, 1.807) is 30.3 Å². The lowest BCUT2D eigenvalue weighted by Gasteiger charge is -2.19. The van der Waals surface area contributed by atoms with Crippen LogP contribution in [0.15, 0.2) is 30.3 Å². The van der Waals surface area contributed by atoms with E-state index in [4.69, 9.17) is 0 Å². The Morgan fingerprint density at radius 3 is 2.41 bits per heavy atom. The minimum absolute atomic E-state index is 0.165. The van der Waals surface area contributed by atoms with Crippen molar-refractivity contribution in [2.45, 2.75) is 36.4 Å². The van der Waals surface area contributed by atoms with Gasteiger partial charge >= 0.3 is 5.51 Å². The monoisotopic (exact) mass is 331 g/mol. The first-order chi connectivity index (χ1) is 10.4. The van der Waals surface area contributed by atoms with E-state index >= 15 is 0 Å². The van der Waals surface area contributed by atoms with Gasteiger partial charge in [0.05, 0.1) is 11.2 Å². The Bertz CT molecular complexity index is 533. The Hall–Kier alpha value is -1.50. The van der Waals surface area contributed by atoms with Gasteiger partial charge in [0.15, 0.2) is 5.78 Å². The Balaban J connectivity index is 2.07. The van der Waals surface area contributed by atoms with E-state index in [-0.39, 0.29) is 18.2 Å². The van der Waals surface area contributed by atoms with Crippen LogP contribution in [-0.2, 0) is 9.59 Å². The molecule has 1 fully saturated rings. The summed E-state index contributed by atoms with van der Waals surface area (Å²) in [6, 6.07) is 8.57. The summed E-state index contributed by atoms with van der Waals surface area (Å²) >= 11 is -0.303. The van der Waals surface area contributed by atoms with E-state index in [9.17, 15) is 22.8 Å². The second-order valence-corrected chi connectivity index (χ2v) is 6.41. The first-order valence-corrected chi connectivity index (χ1v) is 7.89. The van der Waals surface area contributed by atoms with Gasteiger partial charge in [-0.15, -0.1) is 0 Å². The molecule has 0 saturated heterocycles. The lowest BCUT2D eigenvalue weighted by molar-refractivity contribution is -0.131. The number of alkyl halides is 3.